The monoisotopic (exact) mass is 508 g/mol. The van der Waals surface area contributed by atoms with Crippen LogP contribution in [0.15, 0.2) is 94.4 Å². The molecule has 0 aliphatic heterocycles. The van der Waals surface area contributed by atoms with Crippen molar-refractivity contribution in [1.29, 1.82) is 0 Å². The number of para-hydroxylation sites is 1. The summed E-state index contributed by atoms with van der Waals surface area (Å²) in [7, 11) is -4.11. The van der Waals surface area contributed by atoms with Crippen molar-refractivity contribution >= 4 is 21.8 Å². The highest BCUT2D eigenvalue weighted by molar-refractivity contribution is 7.87. The third kappa shape index (κ3) is 6.11. The van der Waals surface area contributed by atoms with E-state index in [2.05, 4.69) is 5.32 Å². The summed E-state index contributed by atoms with van der Waals surface area (Å²) in [6, 6.07) is 19.8. The molecule has 0 fully saturated rings. The maximum Gasteiger partial charge on any atom is 0.339 e. The quantitative estimate of drug-likeness (QED) is 0.293. The number of nitrogens with one attached hydrogen (secondary N) is 1. The molecule has 36 heavy (non-hydrogen) atoms. The first kappa shape index (κ1) is 25.0. The normalized spacial score (nSPS) is 11.2. The number of amides is 2. The Kier molecular flexibility index (Phi) is 7.40. The van der Waals surface area contributed by atoms with Crippen LogP contribution >= 0.6 is 0 Å². The predicted molar refractivity (Wildman–Crippen MR) is 134 cm³/mol. The van der Waals surface area contributed by atoms with Crippen molar-refractivity contribution in [3.63, 3.8) is 0 Å². The highest BCUT2D eigenvalue weighted by atomic mass is 32.2. The Bertz CT molecular complexity index is 1410. The molecule has 1 aromatic heterocycles. The van der Waals surface area contributed by atoms with Crippen LogP contribution in [-0.2, 0) is 23.2 Å². The molecule has 1 heterocycles. The first-order valence-electron chi connectivity index (χ1n) is 11.1. The number of nitrogens with zero attached hydrogens (tertiary/aromatic N) is 1. The van der Waals surface area contributed by atoms with Crippen LogP contribution in [0.25, 0.3) is 0 Å². The number of anilines is 1. The average Bonchev–Trinajstić information content (AvgIpc) is 3.35. The molecule has 3 aromatic carbocycles. The zero-order chi connectivity index (χ0) is 25.7. The average molecular weight is 509 g/mol. The van der Waals surface area contributed by atoms with Crippen molar-refractivity contribution in [3.8, 4) is 5.75 Å². The lowest BCUT2D eigenvalue weighted by molar-refractivity contribution is 0.201. The molecule has 0 bridgehead atoms. The molecule has 186 valence electrons. The fourth-order valence-corrected chi connectivity index (χ4v) is 4.56. The van der Waals surface area contributed by atoms with E-state index in [1.54, 1.807) is 35.4 Å². The first-order valence-corrected chi connectivity index (χ1v) is 12.6. The molecule has 7 nitrogen and oxygen atoms in total. The van der Waals surface area contributed by atoms with Crippen LogP contribution in [0.3, 0.4) is 0 Å². The van der Waals surface area contributed by atoms with Gasteiger partial charge in [0.25, 0.3) is 0 Å². The highest BCUT2D eigenvalue weighted by Gasteiger charge is 2.19. The molecule has 0 radical (unpaired) electrons. The van der Waals surface area contributed by atoms with Gasteiger partial charge in [0.05, 0.1) is 12.8 Å². The number of urea groups is 1. The lowest BCUT2D eigenvalue weighted by atomic mass is 10.1. The minimum Gasteiger partial charge on any atom is -0.467 e. The van der Waals surface area contributed by atoms with Crippen molar-refractivity contribution in [3.05, 3.63) is 113 Å². The Morgan fingerprint density at radius 2 is 1.58 bits per heavy atom. The molecule has 9 heteroatoms. The Morgan fingerprint density at radius 1 is 0.917 bits per heavy atom. The maximum absolute atomic E-state index is 13.2. The molecule has 2 amide bonds. The van der Waals surface area contributed by atoms with Crippen LogP contribution in [0.4, 0.5) is 14.9 Å². The van der Waals surface area contributed by atoms with E-state index in [0.29, 0.717) is 5.76 Å². The summed E-state index contributed by atoms with van der Waals surface area (Å²) in [4.78, 5) is 14.7. The van der Waals surface area contributed by atoms with E-state index >= 15 is 0 Å². The van der Waals surface area contributed by atoms with Crippen LogP contribution in [-0.4, -0.2) is 19.3 Å². The summed E-state index contributed by atoms with van der Waals surface area (Å²) < 4.78 is 48.6. The van der Waals surface area contributed by atoms with Crippen LogP contribution in [0.5, 0.6) is 5.75 Å². The molecular weight excluding hydrogens is 483 g/mol. The van der Waals surface area contributed by atoms with E-state index < -0.39 is 15.9 Å². The topological polar surface area (TPSA) is 88.9 Å². The van der Waals surface area contributed by atoms with Crippen LogP contribution in [0.1, 0.15) is 22.5 Å². The van der Waals surface area contributed by atoms with Gasteiger partial charge in [-0.25, -0.2) is 9.18 Å². The predicted octanol–water partition coefficient (Wildman–Crippen LogP) is 6.04. The second kappa shape index (κ2) is 10.7. The van der Waals surface area contributed by atoms with Crippen LogP contribution in [0.2, 0.25) is 0 Å². The third-order valence-corrected chi connectivity index (χ3v) is 6.79. The number of furan rings is 1. The van der Waals surface area contributed by atoms with E-state index in [4.69, 9.17) is 8.60 Å². The van der Waals surface area contributed by atoms with E-state index in [0.717, 1.165) is 46.6 Å². The van der Waals surface area contributed by atoms with Crippen LogP contribution < -0.4 is 9.50 Å². The molecule has 0 saturated heterocycles. The van der Waals surface area contributed by atoms with Crippen molar-refractivity contribution < 1.29 is 26.2 Å². The van der Waals surface area contributed by atoms with E-state index in [-0.39, 0.29) is 29.8 Å². The molecule has 4 rings (SSSR count). The number of halogens is 1. The van der Waals surface area contributed by atoms with E-state index in [1.165, 1.54) is 12.1 Å². The van der Waals surface area contributed by atoms with Crippen molar-refractivity contribution in [2.45, 2.75) is 31.8 Å². The molecule has 1 N–H and O–H groups in total. The van der Waals surface area contributed by atoms with Gasteiger partial charge in [-0.3, -0.25) is 0 Å². The van der Waals surface area contributed by atoms with Gasteiger partial charge in [-0.1, -0.05) is 30.3 Å². The number of carbonyl (C=O) groups excluding carboxylic acids is 1. The van der Waals surface area contributed by atoms with Crippen LogP contribution in [0, 0.1) is 19.7 Å². The zero-order valence-electron chi connectivity index (χ0n) is 19.8. The maximum atomic E-state index is 13.2. The second-order valence-electron chi connectivity index (χ2n) is 8.27. The zero-order valence-corrected chi connectivity index (χ0v) is 20.6. The minimum absolute atomic E-state index is 0.0978. The summed E-state index contributed by atoms with van der Waals surface area (Å²) in [5.74, 6) is 0.177. The Morgan fingerprint density at radius 3 is 2.19 bits per heavy atom. The number of aryl methyl sites for hydroxylation is 2. The Labute approximate surface area is 209 Å². The Balaban J connectivity index is 1.50. The number of hydrogen-bond donors (Lipinski definition) is 1. The summed E-state index contributed by atoms with van der Waals surface area (Å²) in [5.41, 5.74) is 3.40. The summed E-state index contributed by atoms with van der Waals surface area (Å²) >= 11 is 0. The molecule has 0 spiro atoms. The first-order chi connectivity index (χ1) is 17.2. The van der Waals surface area contributed by atoms with Gasteiger partial charge >= 0.3 is 16.1 Å². The van der Waals surface area contributed by atoms with Gasteiger partial charge in [-0.2, -0.15) is 8.42 Å². The number of hydrogen-bond acceptors (Lipinski definition) is 5. The minimum atomic E-state index is -4.11. The van der Waals surface area contributed by atoms with Crippen molar-refractivity contribution in [2.75, 3.05) is 5.32 Å². The fourth-order valence-electron chi connectivity index (χ4n) is 3.63. The standard InChI is InChI=1S/C27H25FN2O5S/c1-19-5-3-6-20(2)26(19)29-27(31)30(18-24-7-4-16-34-24)17-21-8-12-23(13-9-21)35-36(32,33)25-14-10-22(28)11-15-25/h3-16H,17-18H2,1-2H3,(H,29,31). The molecule has 0 unspecified atom stereocenters. The molecule has 0 aliphatic rings. The lowest BCUT2D eigenvalue weighted by Gasteiger charge is -2.23. The largest absolute Gasteiger partial charge is 0.467 e. The molecule has 0 saturated carbocycles. The number of carbonyl (C=O) groups is 1. The Hall–Kier alpha value is -4.11. The summed E-state index contributed by atoms with van der Waals surface area (Å²) in [6.07, 6.45) is 1.55. The van der Waals surface area contributed by atoms with Crippen molar-refractivity contribution in [1.82, 2.24) is 4.90 Å². The summed E-state index contributed by atoms with van der Waals surface area (Å²) in [5, 5.41) is 2.99. The van der Waals surface area contributed by atoms with Gasteiger partial charge in [-0.15, -0.1) is 0 Å². The lowest BCUT2D eigenvalue weighted by Crippen LogP contribution is -2.34. The fraction of sp³-hybridized carbons (Fsp3) is 0.148. The SMILES string of the molecule is Cc1cccc(C)c1NC(=O)N(Cc1ccc(OS(=O)(=O)c2ccc(F)cc2)cc1)Cc1ccco1. The van der Waals surface area contributed by atoms with Gasteiger partial charge in [0.1, 0.15) is 22.2 Å². The van der Waals surface area contributed by atoms with Crippen molar-refractivity contribution in [2.24, 2.45) is 0 Å². The van der Waals surface area contributed by atoms with Gasteiger partial charge in [0, 0.05) is 12.2 Å². The molecule has 4 aromatic rings. The number of rotatable bonds is 8. The summed E-state index contributed by atoms with van der Waals surface area (Å²) in [6.45, 7) is 4.33. The molecule has 0 aliphatic carbocycles. The van der Waals surface area contributed by atoms with E-state index in [9.17, 15) is 17.6 Å². The van der Waals surface area contributed by atoms with Gasteiger partial charge < -0.3 is 18.8 Å². The van der Waals surface area contributed by atoms with E-state index in [1.807, 2.05) is 32.0 Å². The van der Waals surface area contributed by atoms with Gasteiger partial charge in [-0.05, 0) is 79.1 Å². The third-order valence-electron chi connectivity index (χ3n) is 5.53. The smallest absolute Gasteiger partial charge is 0.339 e. The number of benzene rings is 3. The highest BCUT2D eigenvalue weighted by Crippen LogP contribution is 2.23. The molecular formula is C27H25FN2O5S. The van der Waals surface area contributed by atoms with Gasteiger partial charge in [0.15, 0.2) is 0 Å². The molecule has 0 atom stereocenters. The van der Waals surface area contributed by atoms with Gasteiger partial charge in [0.2, 0.25) is 0 Å². The second-order valence-corrected chi connectivity index (χ2v) is 9.81.